The summed E-state index contributed by atoms with van der Waals surface area (Å²) in [4.78, 5) is 23.6. The molecule has 1 amide bonds. The van der Waals surface area contributed by atoms with Gasteiger partial charge >= 0.3 is 6.18 Å². The molecule has 1 saturated carbocycles. The Morgan fingerprint density at radius 1 is 1.15 bits per heavy atom. The van der Waals surface area contributed by atoms with E-state index in [2.05, 4.69) is 27.1 Å². The molecule has 1 aliphatic carbocycles. The Morgan fingerprint density at radius 3 is 2.36 bits per heavy atom. The summed E-state index contributed by atoms with van der Waals surface area (Å²) in [5.41, 5.74) is 2.83. The molecule has 0 bridgehead atoms. The van der Waals surface area contributed by atoms with Crippen LogP contribution in [0.25, 0.3) is 0 Å². The smallest absolute Gasteiger partial charge is 0.391 e. The van der Waals surface area contributed by atoms with Crippen molar-refractivity contribution in [1.82, 2.24) is 20.2 Å². The van der Waals surface area contributed by atoms with Gasteiger partial charge in [-0.1, -0.05) is 33.1 Å². The van der Waals surface area contributed by atoms with Crippen molar-refractivity contribution in [2.24, 2.45) is 5.92 Å². The third kappa shape index (κ3) is 7.76. The second-order valence-corrected chi connectivity index (χ2v) is 12.3. The maximum atomic E-state index is 12.7. The lowest BCUT2D eigenvalue weighted by atomic mass is 9.89. The number of sulfone groups is 1. The average Bonchev–Trinajstić information content (AvgIpc) is 3.26. The van der Waals surface area contributed by atoms with Gasteiger partial charge in [-0.15, -0.1) is 0 Å². The maximum Gasteiger partial charge on any atom is 0.391 e. The van der Waals surface area contributed by atoms with Crippen LogP contribution in [0.2, 0.25) is 0 Å². The fraction of sp³-hybridized carbons (Fsp3) is 0.593. The van der Waals surface area contributed by atoms with E-state index in [-0.39, 0.29) is 29.2 Å². The number of hydrogen-bond acceptors (Lipinski definition) is 7. The minimum Gasteiger partial charge on any atom is -0.394 e. The van der Waals surface area contributed by atoms with E-state index in [0.717, 1.165) is 43.5 Å². The number of pyridine rings is 2. The van der Waals surface area contributed by atoms with Gasteiger partial charge in [0.1, 0.15) is 0 Å². The van der Waals surface area contributed by atoms with Crippen LogP contribution in [0.3, 0.4) is 0 Å². The zero-order valence-corrected chi connectivity index (χ0v) is 23.4. The summed E-state index contributed by atoms with van der Waals surface area (Å²) >= 11 is 0. The molecule has 2 unspecified atom stereocenters. The molecule has 12 heteroatoms. The predicted octanol–water partition coefficient (Wildman–Crippen LogP) is 4.76. The number of amides is 1. The van der Waals surface area contributed by atoms with Crippen molar-refractivity contribution >= 4 is 15.7 Å². The molecular weight excluding hydrogens is 533 g/mol. The third-order valence-electron chi connectivity index (χ3n) is 7.33. The minimum absolute atomic E-state index is 0.0202. The first-order valence-corrected chi connectivity index (χ1v) is 14.9. The first kappa shape index (κ1) is 31.0. The Bertz CT molecular complexity index is 1220. The highest BCUT2D eigenvalue weighted by Gasteiger charge is 2.39. The summed E-state index contributed by atoms with van der Waals surface area (Å²) in [6, 6.07) is 4.29. The Morgan fingerprint density at radius 2 is 1.85 bits per heavy atom. The molecule has 2 N–H and O–H groups in total. The van der Waals surface area contributed by atoms with Gasteiger partial charge in [-0.2, -0.15) is 13.2 Å². The van der Waals surface area contributed by atoms with Gasteiger partial charge in [0.25, 0.3) is 5.91 Å². The molecule has 1 fully saturated rings. The van der Waals surface area contributed by atoms with Gasteiger partial charge in [0, 0.05) is 18.9 Å². The third-order valence-corrected chi connectivity index (χ3v) is 9.05. The fourth-order valence-corrected chi connectivity index (χ4v) is 5.82. The Kier molecular flexibility index (Phi) is 10.5. The quantitative estimate of drug-likeness (QED) is 0.494. The number of nitrogens with zero attached hydrogens (tertiary/aromatic N) is 3. The molecule has 0 saturated heterocycles. The molecule has 1 aliphatic heterocycles. The monoisotopic (exact) mass is 570 g/mol. The number of nitrogens with one attached hydrogen (secondary N) is 1. The number of aliphatic hydroxyl groups excluding tert-OH is 1. The van der Waals surface area contributed by atoms with Crippen LogP contribution in [-0.2, 0) is 16.4 Å². The summed E-state index contributed by atoms with van der Waals surface area (Å²) in [6.45, 7) is 4.04. The molecule has 0 radical (unpaired) electrons. The summed E-state index contributed by atoms with van der Waals surface area (Å²) in [5.74, 6) is -1.39. The molecule has 3 heterocycles. The zero-order chi connectivity index (χ0) is 28.8. The van der Waals surface area contributed by atoms with Crippen LogP contribution in [0, 0.1) is 5.92 Å². The molecule has 0 spiro atoms. The Hall–Kier alpha value is -2.57. The molecule has 8 nitrogen and oxygen atoms in total. The maximum absolute atomic E-state index is 12.7. The van der Waals surface area contributed by atoms with E-state index in [9.17, 15) is 31.5 Å². The molecule has 0 aromatic carbocycles. The molecule has 4 rings (SSSR count). The predicted molar refractivity (Wildman–Crippen MR) is 141 cm³/mol. The zero-order valence-electron chi connectivity index (χ0n) is 22.5. The summed E-state index contributed by atoms with van der Waals surface area (Å²) in [6.07, 6.45) is 3.01. The van der Waals surface area contributed by atoms with Crippen LogP contribution in [0.4, 0.5) is 13.2 Å². The number of carbonyl (C=O) groups excluding carboxylic acids is 1. The van der Waals surface area contributed by atoms with Crippen molar-refractivity contribution in [3.8, 4) is 0 Å². The first-order chi connectivity index (χ1) is 18.4. The lowest BCUT2D eigenvalue weighted by Crippen LogP contribution is -2.31. The summed E-state index contributed by atoms with van der Waals surface area (Å²) in [5, 5.41) is 12.5. The highest BCUT2D eigenvalue weighted by atomic mass is 32.2. The van der Waals surface area contributed by atoms with Crippen LogP contribution < -0.4 is 5.32 Å². The lowest BCUT2D eigenvalue weighted by molar-refractivity contribution is -0.181. The van der Waals surface area contributed by atoms with Crippen molar-refractivity contribution in [2.75, 3.05) is 19.4 Å². The first-order valence-electron chi connectivity index (χ1n) is 13.3. The standard InChI is InChI=1S/C20H26N4O4S.C7H11F3/c1-4-18-19-14(11-24(18)3)8-13(9-22-19)20(26)23-17(12-25)16-7-6-15(10-21-16)29(27,28)5-2;8-7(9,10)6-4-2-1-3-5-6/h6-10,17-18,25H,4-5,11-12H2,1-3H3,(H,23,26);6H,1-5H2. The van der Waals surface area contributed by atoms with E-state index in [4.69, 9.17) is 0 Å². The second-order valence-electron chi connectivity index (χ2n) is 10.0. The minimum atomic E-state index is -3.93. The van der Waals surface area contributed by atoms with E-state index in [1.807, 2.05) is 13.1 Å². The number of rotatable bonds is 7. The SMILES string of the molecule is CCC1c2ncc(C(=O)NC(CO)c3ccc(S(=O)(=O)CC)cn3)cc2CN1C.FC(F)(F)C1CCCCC1. The number of fused-ring (bicyclic) bond motifs is 1. The number of carbonyl (C=O) groups is 1. The van der Waals surface area contributed by atoms with Gasteiger partial charge in [-0.05, 0) is 50.1 Å². The van der Waals surface area contributed by atoms with Crippen LogP contribution in [-0.4, -0.2) is 59.9 Å². The van der Waals surface area contributed by atoms with Crippen molar-refractivity contribution < 1.29 is 31.5 Å². The molecular formula is C27H37F3N4O4S. The van der Waals surface area contributed by atoms with E-state index in [1.165, 1.54) is 18.3 Å². The summed E-state index contributed by atoms with van der Waals surface area (Å²) in [7, 11) is -1.32. The van der Waals surface area contributed by atoms with Gasteiger partial charge in [0.05, 0.1) is 52.2 Å². The van der Waals surface area contributed by atoms with Gasteiger partial charge in [0.15, 0.2) is 9.84 Å². The number of halogens is 3. The number of hydrogen-bond donors (Lipinski definition) is 2. The molecule has 2 aromatic heterocycles. The van der Waals surface area contributed by atoms with Gasteiger partial charge in [-0.25, -0.2) is 8.42 Å². The lowest BCUT2D eigenvalue weighted by Gasteiger charge is -2.23. The normalized spacial score (nSPS) is 19.1. The highest BCUT2D eigenvalue weighted by Crippen LogP contribution is 2.37. The van der Waals surface area contributed by atoms with Crippen LogP contribution in [0.1, 0.15) is 91.8 Å². The number of alkyl halides is 3. The van der Waals surface area contributed by atoms with Crippen LogP contribution in [0.15, 0.2) is 35.5 Å². The topological polar surface area (TPSA) is 112 Å². The molecule has 2 atom stereocenters. The van der Waals surface area contributed by atoms with E-state index in [1.54, 1.807) is 13.1 Å². The van der Waals surface area contributed by atoms with Crippen LogP contribution in [0.5, 0.6) is 0 Å². The van der Waals surface area contributed by atoms with Crippen molar-refractivity contribution in [2.45, 2.75) is 82.1 Å². The largest absolute Gasteiger partial charge is 0.394 e. The Labute approximate surface area is 228 Å². The summed E-state index contributed by atoms with van der Waals surface area (Å²) < 4.78 is 59.6. The molecule has 2 aliphatic rings. The Balaban J connectivity index is 0.000000353. The van der Waals surface area contributed by atoms with Crippen LogP contribution >= 0.6 is 0 Å². The van der Waals surface area contributed by atoms with Gasteiger partial charge < -0.3 is 10.4 Å². The molecule has 39 heavy (non-hydrogen) atoms. The number of aromatic nitrogens is 2. The van der Waals surface area contributed by atoms with Gasteiger partial charge in [0.2, 0.25) is 0 Å². The van der Waals surface area contributed by atoms with E-state index >= 15 is 0 Å². The fourth-order valence-electron chi connectivity index (χ4n) is 5.00. The van der Waals surface area contributed by atoms with Crippen molar-refractivity contribution in [1.29, 1.82) is 0 Å². The molecule has 216 valence electrons. The van der Waals surface area contributed by atoms with Crippen molar-refractivity contribution in [3.63, 3.8) is 0 Å². The highest BCUT2D eigenvalue weighted by molar-refractivity contribution is 7.91. The van der Waals surface area contributed by atoms with E-state index in [0.29, 0.717) is 24.1 Å². The van der Waals surface area contributed by atoms with E-state index < -0.39 is 28.0 Å². The number of aliphatic hydroxyl groups is 1. The second kappa shape index (κ2) is 13.2. The van der Waals surface area contributed by atoms with Crippen molar-refractivity contribution in [3.05, 3.63) is 53.1 Å². The average molecular weight is 571 g/mol. The molecule has 2 aromatic rings. The van der Waals surface area contributed by atoms with Gasteiger partial charge in [-0.3, -0.25) is 19.7 Å².